The molecule has 2 heterocycles. The van der Waals surface area contributed by atoms with Crippen molar-refractivity contribution in [2.45, 2.75) is 44.1 Å². The first kappa shape index (κ1) is 13.1. The molecule has 3 rings (SSSR count). The van der Waals surface area contributed by atoms with Gasteiger partial charge in [-0.2, -0.15) is 0 Å². The van der Waals surface area contributed by atoms with Crippen LogP contribution in [-0.4, -0.2) is 41.6 Å². The molecule has 1 aromatic rings. The predicted molar refractivity (Wildman–Crippen MR) is 78.2 cm³/mol. The molecule has 1 saturated carbocycles. The first-order valence-corrected chi connectivity index (χ1v) is 7.75. The fourth-order valence-corrected chi connectivity index (χ4v) is 3.73. The molecule has 19 heavy (non-hydrogen) atoms. The standard InChI is InChI=1S/C16H25N3/c1-3-8-16(9-4-1)14-17-11-13-19(16)12-7-15-6-2-5-10-18-15/h2,5-6,10,17H,1,3-4,7-9,11-14H2. The van der Waals surface area contributed by atoms with Gasteiger partial charge in [-0.3, -0.25) is 9.88 Å². The van der Waals surface area contributed by atoms with Crippen molar-refractivity contribution in [3.8, 4) is 0 Å². The molecule has 104 valence electrons. The number of pyridine rings is 1. The molecule has 0 atom stereocenters. The van der Waals surface area contributed by atoms with Gasteiger partial charge in [-0.25, -0.2) is 0 Å². The molecule has 2 aliphatic rings. The highest BCUT2D eigenvalue weighted by Crippen LogP contribution is 2.34. The smallest absolute Gasteiger partial charge is 0.0416 e. The molecule has 0 amide bonds. The highest BCUT2D eigenvalue weighted by Gasteiger charge is 2.39. The quantitative estimate of drug-likeness (QED) is 0.902. The van der Waals surface area contributed by atoms with E-state index in [-0.39, 0.29) is 0 Å². The van der Waals surface area contributed by atoms with Gasteiger partial charge < -0.3 is 5.32 Å². The second kappa shape index (κ2) is 6.02. The van der Waals surface area contributed by atoms with Crippen LogP contribution in [-0.2, 0) is 6.42 Å². The maximum absolute atomic E-state index is 4.45. The van der Waals surface area contributed by atoms with Gasteiger partial charge in [0.05, 0.1) is 0 Å². The Hall–Kier alpha value is -0.930. The lowest BCUT2D eigenvalue weighted by Crippen LogP contribution is -2.62. The lowest BCUT2D eigenvalue weighted by Gasteiger charge is -2.50. The van der Waals surface area contributed by atoms with Crippen LogP contribution in [0.4, 0.5) is 0 Å². The minimum atomic E-state index is 0.450. The largest absolute Gasteiger partial charge is 0.314 e. The van der Waals surface area contributed by atoms with Crippen molar-refractivity contribution in [1.82, 2.24) is 15.2 Å². The molecule has 2 fully saturated rings. The van der Waals surface area contributed by atoms with Gasteiger partial charge in [0, 0.05) is 50.0 Å². The van der Waals surface area contributed by atoms with Crippen LogP contribution in [0.25, 0.3) is 0 Å². The summed E-state index contributed by atoms with van der Waals surface area (Å²) in [6.45, 7) is 4.70. The summed E-state index contributed by atoms with van der Waals surface area (Å²) in [5, 5.41) is 3.62. The molecule has 1 spiro atoms. The highest BCUT2D eigenvalue weighted by molar-refractivity contribution is 5.05. The summed E-state index contributed by atoms with van der Waals surface area (Å²) in [6.07, 6.45) is 9.98. The minimum Gasteiger partial charge on any atom is -0.314 e. The molecule has 3 nitrogen and oxygen atoms in total. The lowest BCUT2D eigenvalue weighted by molar-refractivity contribution is 0.0285. The molecule has 1 aromatic heterocycles. The highest BCUT2D eigenvalue weighted by atomic mass is 15.3. The van der Waals surface area contributed by atoms with Gasteiger partial charge in [-0.05, 0) is 25.0 Å². The normalized spacial score (nSPS) is 23.6. The Bertz CT molecular complexity index is 376. The third-order valence-electron chi connectivity index (χ3n) is 4.83. The zero-order valence-electron chi connectivity index (χ0n) is 11.8. The molecule has 1 saturated heterocycles. The predicted octanol–water partition coefficient (Wildman–Crippen LogP) is 2.23. The molecule has 0 aromatic carbocycles. The zero-order valence-corrected chi connectivity index (χ0v) is 11.8. The van der Waals surface area contributed by atoms with Gasteiger partial charge in [0.15, 0.2) is 0 Å². The number of nitrogens with zero attached hydrogens (tertiary/aromatic N) is 2. The average Bonchev–Trinajstić information content (AvgIpc) is 2.48. The maximum Gasteiger partial charge on any atom is 0.0416 e. The number of hydrogen-bond acceptors (Lipinski definition) is 3. The molecule has 1 N–H and O–H groups in total. The Morgan fingerprint density at radius 3 is 2.89 bits per heavy atom. The monoisotopic (exact) mass is 259 g/mol. The van der Waals surface area contributed by atoms with Crippen LogP contribution in [0, 0.1) is 0 Å². The maximum atomic E-state index is 4.45. The minimum absolute atomic E-state index is 0.450. The van der Waals surface area contributed by atoms with E-state index in [1.165, 1.54) is 57.4 Å². The van der Waals surface area contributed by atoms with E-state index in [1.807, 2.05) is 12.3 Å². The van der Waals surface area contributed by atoms with Gasteiger partial charge in [-0.15, -0.1) is 0 Å². The molecule has 0 radical (unpaired) electrons. The number of nitrogens with one attached hydrogen (secondary N) is 1. The number of hydrogen-bond donors (Lipinski definition) is 1. The van der Waals surface area contributed by atoms with Crippen molar-refractivity contribution in [2.24, 2.45) is 0 Å². The van der Waals surface area contributed by atoms with Gasteiger partial charge in [0.1, 0.15) is 0 Å². The van der Waals surface area contributed by atoms with E-state index in [9.17, 15) is 0 Å². The van der Waals surface area contributed by atoms with E-state index >= 15 is 0 Å². The second-order valence-electron chi connectivity index (χ2n) is 6.02. The van der Waals surface area contributed by atoms with Crippen LogP contribution in [0.15, 0.2) is 24.4 Å². The summed E-state index contributed by atoms with van der Waals surface area (Å²) in [7, 11) is 0. The number of aromatic nitrogens is 1. The van der Waals surface area contributed by atoms with E-state index in [0.29, 0.717) is 5.54 Å². The Kier molecular flexibility index (Phi) is 4.14. The van der Waals surface area contributed by atoms with Crippen LogP contribution < -0.4 is 5.32 Å². The van der Waals surface area contributed by atoms with E-state index in [2.05, 4.69) is 27.3 Å². The Balaban J connectivity index is 1.64. The third kappa shape index (κ3) is 2.98. The molecule has 0 bridgehead atoms. The summed E-state index contributed by atoms with van der Waals surface area (Å²) < 4.78 is 0. The van der Waals surface area contributed by atoms with Crippen LogP contribution in [0.3, 0.4) is 0 Å². The van der Waals surface area contributed by atoms with Crippen molar-refractivity contribution < 1.29 is 0 Å². The van der Waals surface area contributed by atoms with Crippen molar-refractivity contribution in [1.29, 1.82) is 0 Å². The fraction of sp³-hybridized carbons (Fsp3) is 0.688. The van der Waals surface area contributed by atoms with Crippen molar-refractivity contribution in [2.75, 3.05) is 26.2 Å². The molecular weight excluding hydrogens is 234 g/mol. The summed E-state index contributed by atoms with van der Waals surface area (Å²) in [5.74, 6) is 0. The van der Waals surface area contributed by atoms with Crippen LogP contribution in [0.1, 0.15) is 37.8 Å². The average molecular weight is 259 g/mol. The summed E-state index contributed by atoms with van der Waals surface area (Å²) in [5.41, 5.74) is 1.68. The summed E-state index contributed by atoms with van der Waals surface area (Å²) in [4.78, 5) is 7.20. The number of piperazine rings is 1. The molecule has 1 aliphatic heterocycles. The summed E-state index contributed by atoms with van der Waals surface area (Å²) >= 11 is 0. The van der Waals surface area contributed by atoms with Crippen molar-refractivity contribution >= 4 is 0 Å². The van der Waals surface area contributed by atoms with E-state index in [1.54, 1.807) is 0 Å². The molecular formula is C16H25N3. The fourth-order valence-electron chi connectivity index (χ4n) is 3.73. The Labute approximate surface area is 116 Å². The van der Waals surface area contributed by atoms with Gasteiger partial charge >= 0.3 is 0 Å². The van der Waals surface area contributed by atoms with Crippen LogP contribution in [0.2, 0.25) is 0 Å². The van der Waals surface area contributed by atoms with E-state index in [0.717, 1.165) is 13.0 Å². The third-order valence-corrected chi connectivity index (χ3v) is 4.83. The van der Waals surface area contributed by atoms with Gasteiger partial charge in [0.25, 0.3) is 0 Å². The second-order valence-corrected chi connectivity index (χ2v) is 6.02. The van der Waals surface area contributed by atoms with E-state index in [4.69, 9.17) is 0 Å². The lowest BCUT2D eigenvalue weighted by atomic mass is 9.79. The Morgan fingerprint density at radius 2 is 2.11 bits per heavy atom. The molecule has 0 unspecified atom stereocenters. The Morgan fingerprint density at radius 1 is 1.21 bits per heavy atom. The SMILES string of the molecule is c1ccc(CCN2CCNCC23CCCCC3)nc1. The van der Waals surface area contributed by atoms with Crippen LogP contribution in [0.5, 0.6) is 0 Å². The van der Waals surface area contributed by atoms with Crippen LogP contribution >= 0.6 is 0 Å². The summed E-state index contributed by atoms with van der Waals surface area (Å²) in [6, 6.07) is 6.24. The molecule has 3 heteroatoms. The van der Waals surface area contributed by atoms with E-state index < -0.39 is 0 Å². The van der Waals surface area contributed by atoms with Crippen molar-refractivity contribution in [3.05, 3.63) is 30.1 Å². The topological polar surface area (TPSA) is 28.2 Å². The van der Waals surface area contributed by atoms with Gasteiger partial charge in [0.2, 0.25) is 0 Å². The molecule has 1 aliphatic carbocycles. The van der Waals surface area contributed by atoms with Gasteiger partial charge in [-0.1, -0.05) is 25.3 Å². The number of rotatable bonds is 3. The first-order chi connectivity index (χ1) is 9.39. The zero-order chi connectivity index (χ0) is 13.0. The first-order valence-electron chi connectivity index (χ1n) is 7.75. The van der Waals surface area contributed by atoms with Crippen molar-refractivity contribution in [3.63, 3.8) is 0 Å².